The number of phenolic OH excluding ortho intramolecular Hbond substituents is 1. The fourth-order valence-corrected chi connectivity index (χ4v) is 2.97. The number of sulfonamides is 1. The topological polar surface area (TPSA) is 70.5 Å². The SMILES string of the molecule is CN(CCc1ccccn1)S(=O)(=O)c1cccc(O)c1. The van der Waals surface area contributed by atoms with Crippen molar-refractivity contribution < 1.29 is 13.5 Å². The molecule has 0 atom stereocenters. The molecule has 0 amide bonds. The van der Waals surface area contributed by atoms with Gasteiger partial charge in [0.1, 0.15) is 5.75 Å². The molecule has 5 nitrogen and oxygen atoms in total. The molecule has 1 aromatic heterocycles. The zero-order valence-electron chi connectivity index (χ0n) is 11.1. The van der Waals surface area contributed by atoms with Crippen molar-refractivity contribution in [1.29, 1.82) is 0 Å². The van der Waals surface area contributed by atoms with E-state index < -0.39 is 10.0 Å². The van der Waals surface area contributed by atoms with Gasteiger partial charge in [-0.25, -0.2) is 12.7 Å². The molecule has 0 saturated heterocycles. The Kier molecular flexibility index (Phi) is 4.36. The van der Waals surface area contributed by atoms with Gasteiger partial charge in [0.2, 0.25) is 10.0 Å². The van der Waals surface area contributed by atoms with Crippen LogP contribution in [-0.2, 0) is 16.4 Å². The van der Waals surface area contributed by atoms with Crippen molar-refractivity contribution in [3.05, 3.63) is 54.4 Å². The molecule has 1 aromatic carbocycles. The van der Waals surface area contributed by atoms with Crippen LogP contribution < -0.4 is 0 Å². The maximum atomic E-state index is 12.3. The molecular formula is C14H16N2O3S. The van der Waals surface area contributed by atoms with Gasteiger partial charge in [-0.3, -0.25) is 4.98 Å². The first-order valence-electron chi connectivity index (χ1n) is 6.15. The summed E-state index contributed by atoms with van der Waals surface area (Å²) in [7, 11) is -2.07. The Morgan fingerprint density at radius 1 is 1.20 bits per heavy atom. The van der Waals surface area contributed by atoms with Gasteiger partial charge in [0, 0.05) is 31.9 Å². The lowest BCUT2D eigenvalue weighted by Crippen LogP contribution is -2.29. The Labute approximate surface area is 118 Å². The third kappa shape index (κ3) is 3.34. The van der Waals surface area contributed by atoms with E-state index in [0.29, 0.717) is 13.0 Å². The average molecular weight is 292 g/mol. The number of aromatic nitrogens is 1. The van der Waals surface area contributed by atoms with Crippen LogP contribution in [0.25, 0.3) is 0 Å². The standard InChI is InChI=1S/C14H16N2O3S/c1-16(10-8-12-5-2-3-9-15-12)20(18,19)14-7-4-6-13(17)11-14/h2-7,9,11,17H,8,10H2,1H3. The van der Waals surface area contributed by atoms with Gasteiger partial charge in [-0.15, -0.1) is 0 Å². The highest BCUT2D eigenvalue weighted by atomic mass is 32.2. The predicted octanol–water partition coefficient (Wildman–Crippen LogP) is 1.65. The van der Waals surface area contributed by atoms with E-state index >= 15 is 0 Å². The number of likely N-dealkylation sites (N-methyl/N-ethyl adjacent to an activating group) is 1. The lowest BCUT2D eigenvalue weighted by atomic mass is 10.3. The molecule has 0 aliphatic rings. The highest BCUT2D eigenvalue weighted by Gasteiger charge is 2.20. The molecule has 0 unspecified atom stereocenters. The van der Waals surface area contributed by atoms with Gasteiger partial charge in [0.15, 0.2) is 0 Å². The first-order chi connectivity index (χ1) is 9.50. The molecule has 0 fully saturated rings. The van der Waals surface area contributed by atoms with E-state index in [1.54, 1.807) is 6.20 Å². The number of benzene rings is 1. The lowest BCUT2D eigenvalue weighted by Gasteiger charge is -2.17. The summed E-state index contributed by atoms with van der Waals surface area (Å²) in [5, 5.41) is 9.37. The van der Waals surface area contributed by atoms with Crippen LogP contribution in [0.15, 0.2) is 53.6 Å². The van der Waals surface area contributed by atoms with Crippen LogP contribution in [0.4, 0.5) is 0 Å². The van der Waals surface area contributed by atoms with Crippen LogP contribution in [0.2, 0.25) is 0 Å². The molecule has 0 aliphatic carbocycles. The van der Waals surface area contributed by atoms with Crippen molar-refractivity contribution >= 4 is 10.0 Å². The van der Waals surface area contributed by atoms with Crippen LogP contribution in [0.3, 0.4) is 0 Å². The first-order valence-corrected chi connectivity index (χ1v) is 7.59. The van der Waals surface area contributed by atoms with Crippen LogP contribution in [0.5, 0.6) is 5.75 Å². The van der Waals surface area contributed by atoms with Crippen LogP contribution in [0.1, 0.15) is 5.69 Å². The summed E-state index contributed by atoms with van der Waals surface area (Å²) in [6.07, 6.45) is 2.22. The molecule has 106 valence electrons. The molecule has 1 N–H and O–H groups in total. The predicted molar refractivity (Wildman–Crippen MR) is 75.9 cm³/mol. The van der Waals surface area contributed by atoms with Crippen molar-refractivity contribution in [3.8, 4) is 5.75 Å². The molecule has 0 spiro atoms. The van der Waals surface area contributed by atoms with E-state index in [1.807, 2.05) is 18.2 Å². The van der Waals surface area contributed by atoms with Gasteiger partial charge < -0.3 is 5.11 Å². The van der Waals surface area contributed by atoms with E-state index in [9.17, 15) is 13.5 Å². The molecule has 0 bridgehead atoms. The summed E-state index contributed by atoms with van der Waals surface area (Å²) in [5.41, 5.74) is 0.838. The normalized spacial score (nSPS) is 11.7. The maximum Gasteiger partial charge on any atom is 0.242 e. The zero-order valence-corrected chi connectivity index (χ0v) is 11.9. The summed E-state index contributed by atoms with van der Waals surface area (Å²) >= 11 is 0. The smallest absolute Gasteiger partial charge is 0.242 e. The molecule has 0 aliphatic heterocycles. The fraction of sp³-hybridized carbons (Fsp3) is 0.214. The summed E-state index contributed by atoms with van der Waals surface area (Å²) in [4.78, 5) is 4.24. The quantitative estimate of drug-likeness (QED) is 0.909. The van der Waals surface area contributed by atoms with Crippen molar-refractivity contribution in [2.75, 3.05) is 13.6 Å². The maximum absolute atomic E-state index is 12.3. The van der Waals surface area contributed by atoms with Gasteiger partial charge in [-0.2, -0.15) is 0 Å². The minimum Gasteiger partial charge on any atom is -0.508 e. The van der Waals surface area contributed by atoms with Gasteiger partial charge in [0.05, 0.1) is 4.90 Å². The average Bonchev–Trinajstić information content (AvgIpc) is 2.45. The summed E-state index contributed by atoms with van der Waals surface area (Å²) in [6, 6.07) is 11.2. The van der Waals surface area contributed by atoms with E-state index in [2.05, 4.69) is 4.98 Å². The Balaban J connectivity index is 2.10. The van der Waals surface area contributed by atoms with Crippen LogP contribution >= 0.6 is 0 Å². The second-order valence-corrected chi connectivity index (χ2v) is 6.44. The minimum atomic E-state index is -3.59. The number of nitrogens with zero attached hydrogens (tertiary/aromatic N) is 2. The molecule has 6 heteroatoms. The van der Waals surface area contributed by atoms with Gasteiger partial charge in [-0.05, 0) is 30.3 Å². The van der Waals surface area contributed by atoms with Gasteiger partial charge >= 0.3 is 0 Å². The largest absolute Gasteiger partial charge is 0.508 e. The van der Waals surface area contributed by atoms with E-state index in [1.165, 1.54) is 35.6 Å². The van der Waals surface area contributed by atoms with Crippen molar-refractivity contribution in [2.45, 2.75) is 11.3 Å². The molecular weight excluding hydrogens is 276 g/mol. The van der Waals surface area contributed by atoms with Crippen LogP contribution in [0, 0.1) is 0 Å². The molecule has 1 heterocycles. The number of phenols is 1. The molecule has 0 saturated carbocycles. The minimum absolute atomic E-state index is 0.0656. The van der Waals surface area contributed by atoms with E-state index in [4.69, 9.17) is 0 Å². The Hall–Kier alpha value is -1.92. The van der Waals surface area contributed by atoms with Gasteiger partial charge in [0.25, 0.3) is 0 Å². The third-order valence-electron chi connectivity index (χ3n) is 2.93. The third-order valence-corrected chi connectivity index (χ3v) is 4.79. The molecule has 2 rings (SSSR count). The highest BCUT2D eigenvalue weighted by Crippen LogP contribution is 2.19. The number of pyridine rings is 1. The number of rotatable bonds is 5. The van der Waals surface area contributed by atoms with Crippen molar-refractivity contribution in [1.82, 2.24) is 9.29 Å². The second kappa shape index (κ2) is 6.02. The monoisotopic (exact) mass is 292 g/mol. The fourth-order valence-electron chi connectivity index (χ4n) is 1.76. The first kappa shape index (κ1) is 14.5. The Morgan fingerprint density at radius 3 is 2.65 bits per heavy atom. The van der Waals surface area contributed by atoms with Crippen molar-refractivity contribution in [3.63, 3.8) is 0 Å². The number of aromatic hydroxyl groups is 1. The Morgan fingerprint density at radius 2 is 2.00 bits per heavy atom. The lowest BCUT2D eigenvalue weighted by molar-refractivity contribution is 0.463. The van der Waals surface area contributed by atoms with Gasteiger partial charge in [-0.1, -0.05) is 12.1 Å². The molecule has 0 radical (unpaired) electrons. The van der Waals surface area contributed by atoms with Crippen LogP contribution in [-0.4, -0.2) is 36.4 Å². The highest BCUT2D eigenvalue weighted by molar-refractivity contribution is 7.89. The summed E-state index contributed by atoms with van der Waals surface area (Å²) in [6.45, 7) is 0.328. The summed E-state index contributed by atoms with van der Waals surface area (Å²) in [5.74, 6) is -0.0656. The molecule has 20 heavy (non-hydrogen) atoms. The van der Waals surface area contributed by atoms with E-state index in [0.717, 1.165) is 5.69 Å². The zero-order chi connectivity index (χ0) is 14.6. The van der Waals surface area contributed by atoms with Crippen molar-refractivity contribution in [2.24, 2.45) is 0 Å². The van der Waals surface area contributed by atoms with E-state index in [-0.39, 0.29) is 10.6 Å². The summed E-state index contributed by atoms with van der Waals surface area (Å²) < 4.78 is 25.9. The Bertz CT molecular complexity index is 672. The second-order valence-electron chi connectivity index (χ2n) is 4.40. The number of hydrogen-bond acceptors (Lipinski definition) is 4. The molecule has 2 aromatic rings. The number of hydrogen-bond donors (Lipinski definition) is 1.